The first kappa shape index (κ1) is 91.2. The van der Waals surface area contributed by atoms with Gasteiger partial charge in [-0.2, -0.15) is 0 Å². The lowest BCUT2D eigenvalue weighted by Crippen LogP contribution is -2.52. The maximum Gasteiger partial charge on any atom is 0.340 e. The molecule has 1 unspecified atom stereocenters. The Bertz CT molecular complexity index is 2980. The molecule has 1 N–H and O–H groups in total. The number of Topliss-reactive ketones (excluding diaryl/α,β-unsaturated/α-hetero) is 1. The second-order valence-electron chi connectivity index (χ2n) is 35.6. The van der Waals surface area contributed by atoms with Gasteiger partial charge < -0.3 is 23.7 Å². The number of rotatable bonds is 18. The van der Waals surface area contributed by atoms with E-state index >= 15 is 0 Å². The number of ether oxygens (including phenoxy) is 3. The molecule has 14 rings (SSSR count). The minimum Gasteiger partial charge on any atom is -0.492 e. The molecule has 5 aromatic rings. The lowest BCUT2D eigenvalue weighted by Gasteiger charge is -2.60. The van der Waals surface area contributed by atoms with Crippen molar-refractivity contribution < 1.29 is 38.1 Å². The van der Waals surface area contributed by atoms with Crippen LogP contribution in [0, 0.1) is 107 Å². The third-order valence-corrected chi connectivity index (χ3v) is 23.2. The number of fused-ring (bicyclic) bond motifs is 2. The molecule has 1 atom stereocenters. The van der Waals surface area contributed by atoms with Crippen LogP contribution in [0.25, 0.3) is 11.0 Å². The largest absolute Gasteiger partial charge is 0.492 e. The van der Waals surface area contributed by atoms with Gasteiger partial charge >= 0.3 is 5.97 Å². The molecule has 8 aliphatic carbocycles. The predicted molar refractivity (Wildman–Crippen MR) is 442 cm³/mol. The molecule has 0 spiro atoms. The summed E-state index contributed by atoms with van der Waals surface area (Å²) in [7, 11) is 1.43. The second-order valence-corrected chi connectivity index (χ2v) is 35.6. The van der Waals surface area contributed by atoms with Gasteiger partial charge in [-0.25, -0.2) is 4.79 Å². The van der Waals surface area contributed by atoms with E-state index in [2.05, 4.69) is 155 Å². The Morgan fingerprint density at radius 1 is 0.510 bits per heavy atom. The minimum atomic E-state index is -1.27. The van der Waals surface area contributed by atoms with Gasteiger partial charge in [0.25, 0.3) is 0 Å². The van der Waals surface area contributed by atoms with Crippen LogP contribution in [-0.2, 0) is 24.0 Å². The quantitative estimate of drug-likeness (QED) is 0.0400. The molecular formula is C96H154O8. The van der Waals surface area contributed by atoms with Gasteiger partial charge in [0.05, 0.1) is 24.8 Å². The number of methoxy groups -OCH3 is 1. The van der Waals surface area contributed by atoms with Crippen LogP contribution in [0.3, 0.4) is 0 Å². The first-order valence-electron chi connectivity index (χ1n) is 42.4. The zero-order chi connectivity index (χ0) is 76.8. The number of ketones is 1. The van der Waals surface area contributed by atoms with E-state index in [1.807, 2.05) is 68.4 Å². The molecule has 8 saturated carbocycles. The molecule has 9 aliphatic rings. The number of hydrogen-bond donors (Lipinski definition) is 1. The number of aliphatic hydroxyl groups excluding tert-OH is 1. The fourth-order valence-electron chi connectivity index (χ4n) is 16.0. The molecule has 1 aliphatic heterocycles. The number of aldehydes is 1. The summed E-state index contributed by atoms with van der Waals surface area (Å²) >= 11 is 0. The highest BCUT2D eigenvalue weighted by Gasteiger charge is 2.53. The van der Waals surface area contributed by atoms with E-state index in [1.54, 1.807) is 18.9 Å². The molecular weight excluding hydrogens is 1280 g/mol. The van der Waals surface area contributed by atoms with Crippen molar-refractivity contribution in [2.45, 2.75) is 312 Å². The van der Waals surface area contributed by atoms with Gasteiger partial charge in [0.1, 0.15) is 5.58 Å². The van der Waals surface area contributed by atoms with Gasteiger partial charge in [0, 0.05) is 24.1 Å². The van der Waals surface area contributed by atoms with E-state index in [0.717, 1.165) is 105 Å². The summed E-state index contributed by atoms with van der Waals surface area (Å²) in [5, 5.41) is 10.6. The van der Waals surface area contributed by atoms with Gasteiger partial charge in [-0.15, -0.1) is 0 Å². The zero-order valence-electron chi connectivity index (χ0n) is 70.2. The molecule has 104 heavy (non-hydrogen) atoms. The maximum absolute atomic E-state index is 12.0. The molecule has 1 aromatic heterocycles. The Kier molecular flexibility index (Phi) is 43.6. The Balaban J connectivity index is 0.000000254. The van der Waals surface area contributed by atoms with E-state index in [0.29, 0.717) is 36.4 Å². The van der Waals surface area contributed by atoms with Gasteiger partial charge in [0.2, 0.25) is 12.1 Å². The first-order chi connectivity index (χ1) is 49.5. The van der Waals surface area contributed by atoms with Crippen molar-refractivity contribution in [3.8, 4) is 11.5 Å². The number of carbonyl (C=O) groups is 3. The summed E-state index contributed by atoms with van der Waals surface area (Å²) in [6, 6.07) is 31.4. The second kappa shape index (κ2) is 49.7. The molecule has 0 saturated heterocycles. The Morgan fingerprint density at radius 2 is 0.933 bits per heavy atom. The van der Waals surface area contributed by atoms with E-state index in [-0.39, 0.29) is 35.0 Å². The van der Waals surface area contributed by atoms with Crippen molar-refractivity contribution in [3.63, 3.8) is 0 Å². The molecule has 2 heterocycles. The number of benzene rings is 4. The highest BCUT2D eigenvalue weighted by Crippen LogP contribution is 2.61. The van der Waals surface area contributed by atoms with Gasteiger partial charge in [-0.1, -0.05) is 333 Å². The summed E-state index contributed by atoms with van der Waals surface area (Å²) < 4.78 is 21.3. The predicted octanol–water partition coefficient (Wildman–Crippen LogP) is 27.5. The van der Waals surface area contributed by atoms with Crippen LogP contribution in [0.2, 0.25) is 0 Å². The van der Waals surface area contributed by atoms with Crippen LogP contribution in [-0.4, -0.2) is 43.2 Å². The minimum absolute atomic E-state index is 0.0180. The fraction of sp³-hybridized carbons (Fsp3) is 0.698. The molecule has 0 amide bonds. The van der Waals surface area contributed by atoms with E-state index in [9.17, 15) is 19.5 Å². The standard InChI is InChI=1S/C19H18O6.C12H12O2.C10H14.C10H20.C9H18.C8H14.C8H16.C7H14.C7H16.C6H12/c1-23-18-15(11-20)13-10-17(21)25-19(22)14(13)9-16(18)24-8-7-12-5-3-2-4-6-12;1-8(2)12(13)11-7-9-5-3-4-6-10(9)14-11;1-9(2)8-10-6-4-3-5-7-10;1-9(2)10-7-5-3-4-6-8-10;1-8(2)9-6-4-3-5-7-9;1-5(2)8-6-3-7(8)4-6;1-7(2)8-5-3-4-6-8;1-6(2)7-4-3-5-7;1-6(2)5-7(3)4;1-5(2)6-3-4-6/h2-6,9,11,17,21H,7-8,10H2,1H3;3-8H,1-2H3;3-7,9H,8H2,1-2H3;9-10H,3-8H2,1-2H3;8-9H,3-7H2,1-2H3;5-8H,3-4H2,1-2H3;7-8H,3-6H2,1-2H3;6-7H,3-5H2,1-2H3;6-7H,5H2,1-4H3;5-6H,3-4H2,1-2H3. The Hall–Kier alpha value is -5.21. The van der Waals surface area contributed by atoms with Crippen molar-refractivity contribution in [2.24, 2.45) is 107 Å². The number of cyclic esters (lactones) is 1. The van der Waals surface area contributed by atoms with Crippen molar-refractivity contribution in [3.05, 3.63) is 131 Å². The zero-order valence-corrected chi connectivity index (χ0v) is 70.2. The molecule has 8 heteroatoms. The van der Waals surface area contributed by atoms with Gasteiger partial charge in [-0.3, -0.25) is 9.59 Å². The van der Waals surface area contributed by atoms with Crippen LogP contribution < -0.4 is 9.47 Å². The third kappa shape index (κ3) is 34.4. The Morgan fingerprint density at radius 3 is 1.27 bits per heavy atom. The summed E-state index contributed by atoms with van der Waals surface area (Å²) in [6.45, 7) is 45.8. The van der Waals surface area contributed by atoms with Crippen LogP contribution >= 0.6 is 0 Å². The average Bonchev–Trinajstić information content (AvgIpc) is 1.45. The van der Waals surface area contributed by atoms with Crippen molar-refractivity contribution in [1.29, 1.82) is 0 Å². The maximum atomic E-state index is 12.0. The van der Waals surface area contributed by atoms with Gasteiger partial charge in [0.15, 0.2) is 23.5 Å². The van der Waals surface area contributed by atoms with Crippen LogP contribution in [0.15, 0.2) is 101 Å². The monoisotopic (exact) mass is 1440 g/mol. The van der Waals surface area contributed by atoms with Crippen molar-refractivity contribution >= 4 is 29.0 Å². The van der Waals surface area contributed by atoms with Crippen LogP contribution in [0.5, 0.6) is 11.5 Å². The first-order valence-corrected chi connectivity index (χ1v) is 42.4. The lowest BCUT2D eigenvalue weighted by atomic mass is 9.45. The summed E-state index contributed by atoms with van der Waals surface area (Å²) in [4.78, 5) is 35.2. The molecule has 8 fully saturated rings. The number of carbonyl (C=O) groups excluding carboxylic acids is 3. The third-order valence-electron chi connectivity index (χ3n) is 23.2. The number of hydrogen-bond acceptors (Lipinski definition) is 8. The number of para-hydroxylation sites is 1. The molecule has 586 valence electrons. The topological polar surface area (TPSA) is 112 Å². The van der Waals surface area contributed by atoms with Crippen LogP contribution in [0.1, 0.15) is 334 Å². The van der Waals surface area contributed by atoms with E-state index < -0.39 is 12.3 Å². The SMILES string of the molecule is CC(C)C(=O)c1cc2ccccc2o1.CC(C)C1C2CC1C2.CC(C)C1CC1.CC(C)C1CCC1.CC(C)C1CCCC1.CC(C)C1CCCCC1.CC(C)C1CCCCCC1.CC(C)CC(C)C.CC(C)Cc1ccccc1.COc1c(OCCc2ccccc2)cc2c(c1C=O)CC(O)OC2=O. The highest BCUT2D eigenvalue weighted by atomic mass is 16.6. The smallest absolute Gasteiger partial charge is 0.340 e. The molecule has 8 nitrogen and oxygen atoms in total. The lowest BCUT2D eigenvalue weighted by molar-refractivity contribution is -0.107. The van der Waals surface area contributed by atoms with E-state index in [1.165, 1.54) is 172 Å². The summed E-state index contributed by atoms with van der Waals surface area (Å²) in [5.74, 6) is 17.4. The summed E-state index contributed by atoms with van der Waals surface area (Å²) in [6.07, 6.45) is 35.6. The van der Waals surface area contributed by atoms with E-state index in [4.69, 9.17) is 18.6 Å². The molecule has 2 bridgehead atoms. The molecule has 4 aromatic carbocycles. The normalized spacial score (nSPS) is 19.8. The fourth-order valence-corrected chi connectivity index (χ4v) is 16.0. The van der Waals surface area contributed by atoms with Crippen molar-refractivity contribution in [2.75, 3.05) is 13.7 Å². The Labute approximate surface area is 637 Å². The summed E-state index contributed by atoms with van der Waals surface area (Å²) in [5.41, 5.74) is 4.14. The van der Waals surface area contributed by atoms with Crippen molar-refractivity contribution in [1.82, 2.24) is 0 Å². The highest BCUT2D eigenvalue weighted by molar-refractivity contribution is 5.99. The van der Waals surface area contributed by atoms with Crippen LogP contribution in [0.4, 0.5) is 0 Å². The molecule has 0 radical (unpaired) electrons. The number of furan rings is 1. The number of aliphatic hydroxyl groups is 1. The number of esters is 1. The van der Waals surface area contributed by atoms with Gasteiger partial charge in [-0.05, 0) is 174 Å². The average molecular weight is 1440 g/mol.